The molecule has 0 amide bonds. The number of halogens is 1. The van der Waals surface area contributed by atoms with Crippen LogP contribution in [0.3, 0.4) is 0 Å². The number of rotatable bonds is 3. The molecule has 0 saturated heterocycles. The van der Waals surface area contributed by atoms with Crippen LogP contribution in [0, 0.1) is 12.7 Å². The largest absolute Gasteiger partial charge is 0.378 e. The van der Waals surface area contributed by atoms with Gasteiger partial charge in [0.1, 0.15) is 5.82 Å². The molecule has 19 heavy (non-hydrogen) atoms. The predicted molar refractivity (Wildman–Crippen MR) is 77.9 cm³/mol. The molecule has 0 aliphatic heterocycles. The van der Waals surface area contributed by atoms with Gasteiger partial charge in [0, 0.05) is 19.8 Å². The Morgan fingerprint density at radius 2 is 1.63 bits per heavy atom. The van der Waals surface area contributed by atoms with Crippen molar-refractivity contribution in [3.8, 4) is 0 Å². The Kier molecular flexibility index (Phi) is 3.86. The fraction of sp³-hybridized carbons (Fsp3) is 0.250. The first-order valence-corrected chi connectivity index (χ1v) is 6.27. The van der Waals surface area contributed by atoms with E-state index in [0.717, 1.165) is 22.4 Å². The molecule has 0 heterocycles. The van der Waals surface area contributed by atoms with Gasteiger partial charge in [0.2, 0.25) is 0 Å². The van der Waals surface area contributed by atoms with E-state index in [9.17, 15) is 4.39 Å². The number of nitrogens with zero attached hydrogens (tertiary/aromatic N) is 1. The van der Waals surface area contributed by atoms with E-state index in [1.807, 2.05) is 56.3 Å². The third-order valence-electron chi connectivity index (χ3n) is 3.19. The lowest BCUT2D eigenvalue weighted by molar-refractivity contribution is 0.622. The van der Waals surface area contributed by atoms with E-state index in [4.69, 9.17) is 5.73 Å². The van der Waals surface area contributed by atoms with Crippen molar-refractivity contribution in [1.82, 2.24) is 0 Å². The monoisotopic (exact) mass is 258 g/mol. The van der Waals surface area contributed by atoms with Gasteiger partial charge in [-0.25, -0.2) is 4.39 Å². The summed E-state index contributed by atoms with van der Waals surface area (Å²) in [5.74, 6) is -0.240. The summed E-state index contributed by atoms with van der Waals surface area (Å²) in [7, 11) is 3.98. The first kappa shape index (κ1) is 13.6. The first-order chi connectivity index (χ1) is 8.97. The number of aryl methyl sites for hydroxylation is 1. The molecule has 0 radical (unpaired) electrons. The van der Waals surface area contributed by atoms with E-state index in [0.29, 0.717) is 0 Å². The summed E-state index contributed by atoms with van der Waals surface area (Å²) < 4.78 is 13.4. The minimum absolute atomic E-state index is 0.240. The van der Waals surface area contributed by atoms with E-state index in [2.05, 4.69) is 0 Å². The Morgan fingerprint density at radius 3 is 2.16 bits per heavy atom. The van der Waals surface area contributed by atoms with Crippen LogP contribution in [-0.2, 0) is 0 Å². The molecule has 1 atom stereocenters. The molecule has 0 aromatic heterocycles. The quantitative estimate of drug-likeness (QED) is 0.915. The van der Waals surface area contributed by atoms with Crippen LogP contribution >= 0.6 is 0 Å². The summed E-state index contributed by atoms with van der Waals surface area (Å²) >= 11 is 0. The molecule has 0 aliphatic carbocycles. The normalized spacial score (nSPS) is 12.3. The third kappa shape index (κ3) is 3.12. The molecule has 2 aromatic carbocycles. The molecule has 2 nitrogen and oxygen atoms in total. The lowest BCUT2D eigenvalue weighted by Gasteiger charge is -2.16. The van der Waals surface area contributed by atoms with Crippen molar-refractivity contribution in [3.05, 3.63) is 65.0 Å². The molecule has 2 rings (SSSR count). The molecule has 2 aromatic rings. The Hall–Kier alpha value is -1.87. The topological polar surface area (TPSA) is 29.3 Å². The molecule has 3 heteroatoms. The van der Waals surface area contributed by atoms with Gasteiger partial charge in [-0.2, -0.15) is 0 Å². The Bertz CT molecular complexity index is 541. The van der Waals surface area contributed by atoms with Gasteiger partial charge in [0.25, 0.3) is 0 Å². The van der Waals surface area contributed by atoms with Gasteiger partial charge < -0.3 is 10.6 Å². The second kappa shape index (κ2) is 5.41. The zero-order valence-electron chi connectivity index (χ0n) is 11.5. The van der Waals surface area contributed by atoms with Crippen LogP contribution in [0.5, 0.6) is 0 Å². The fourth-order valence-corrected chi connectivity index (χ4v) is 2.12. The van der Waals surface area contributed by atoms with Crippen LogP contribution in [0.25, 0.3) is 0 Å². The molecule has 0 spiro atoms. The Labute approximate surface area is 113 Å². The Balaban J connectivity index is 2.30. The highest BCUT2D eigenvalue weighted by Gasteiger charge is 2.10. The van der Waals surface area contributed by atoms with Gasteiger partial charge in [-0.3, -0.25) is 0 Å². The predicted octanol–water partition coefficient (Wildman–Crippen LogP) is 3.25. The van der Waals surface area contributed by atoms with Gasteiger partial charge in [0.05, 0.1) is 6.04 Å². The molecule has 0 saturated carbocycles. The molecule has 0 aliphatic rings. The molecular weight excluding hydrogens is 239 g/mol. The first-order valence-electron chi connectivity index (χ1n) is 6.27. The van der Waals surface area contributed by atoms with Crippen LogP contribution < -0.4 is 10.6 Å². The summed E-state index contributed by atoms with van der Waals surface area (Å²) in [4.78, 5) is 2.03. The summed E-state index contributed by atoms with van der Waals surface area (Å²) in [5, 5.41) is 0. The third-order valence-corrected chi connectivity index (χ3v) is 3.19. The van der Waals surface area contributed by atoms with Crippen molar-refractivity contribution in [1.29, 1.82) is 0 Å². The number of nitrogens with two attached hydrogens (primary N) is 1. The summed E-state index contributed by atoms with van der Waals surface area (Å²) in [5.41, 5.74) is 9.98. The molecular formula is C16H19FN2. The van der Waals surface area contributed by atoms with Crippen LogP contribution in [0.15, 0.2) is 42.5 Å². The van der Waals surface area contributed by atoms with Gasteiger partial charge in [-0.05, 0) is 47.9 Å². The standard InChI is InChI=1S/C16H19FN2/c1-11-8-13(10-14(17)9-11)16(18)12-4-6-15(7-5-12)19(2)3/h4-10,16H,18H2,1-3H3. The molecule has 2 N–H and O–H groups in total. The average molecular weight is 258 g/mol. The maximum absolute atomic E-state index is 13.4. The SMILES string of the molecule is Cc1cc(F)cc(C(N)c2ccc(N(C)C)cc2)c1. The summed E-state index contributed by atoms with van der Waals surface area (Å²) in [6, 6.07) is 12.6. The minimum atomic E-state index is -0.300. The van der Waals surface area contributed by atoms with Crippen molar-refractivity contribution >= 4 is 5.69 Å². The number of hydrogen-bond acceptors (Lipinski definition) is 2. The van der Waals surface area contributed by atoms with Crippen molar-refractivity contribution in [3.63, 3.8) is 0 Å². The van der Waals surface area contributed by atoms with Gasteiger partial charge in [0.15, 0.2) is 0 Å². The summed E-state index contributed by atoms with van der Waals surface area (Å²) in [6.45, 7) is 1.87. The van der Waals surface area contributed by atoms with E-state index in [1.165, 1.54) is 12.1 Å². The number of anilines is 1. The van der Waals surface area contributed by atoms with E-state index >= 15 is 0 Å². The zero-order valence-corrected chi connectivity index (χ0v) is 11.5. The smallest absolute Gasteiger partial charge is 0.123 e. The lowest BCUT2D eigenvalue weighted by atomic mass is 9.98. The molecule has 1 unspecified atom stereocenters. The van der Waals surface area contributed by atoms with Crippen molar-refractivity contribution < 1.29 is 4.39 Å². The van der Waals surface area contributed by atoms with E-state index in [1.54, 1.807) is 0 Å². The van der Waals surface area contributed by atoms with E-state index in [-0.39, 0.29) is 11.9 Å². The maximum atomic E-state index is 13.4. The van der Waals surface area contributed by atoms with Crippen molar-refractivity contribution in [2.45, 2.75) is 13.0 Å². The molecule has 0 fully saturated rings. The van der Waals surface area contributed by atoms with Crippen LogP contribution in [0.2, 0.25) is 0 Å². The second-order valence-corrected chi connectivity index (χ2v) is 5.03. The van der Waals surface area contributed by atoms with Gasteiger partial charge in [-0.1, -0.05) is 18.2 Å². The maximum Gasteiger partial charge on any atom is 0.123 e. The van der Waals surface area contributed by atoms with Gasteiger partial charge in [-0.15, -0.1) is 0 Å². The van der Waals surface area contributed by atoms with E-state index < -0.39 is 0 Å². The summed E-state index contributed by atoms with van der Waals surface area (Å²) in [6.07, 6.45) is 0. The van der Waals surface area contributed by atoms with Crippen LogP contribution in [0.1, 0.15) is 22.7 Å². The number of benzene rings is 2. The minimum Gasteiger partial charge on any atom is -0.378 e. The second-order valence-electron chi connectivity index (χ2n) is 5.03. The number of hydrogen-bond donors (Lipinski definition) is 1. The van der Waals surface area contributed by atoms with Crippen molar-refractivity contribution in [2.24, 2.45) is 5.73 Å². The van der Waals surface area contributed by atoms with Gasteiger partial charge >= 0.3 is 0 Å². The highest BCUT2D eigenvalue weighted by Crippen LogP contribution is 2.23. The van der Waals surface area contributed by atoms with Crippen LogP contribution in [-0.4, -0.2) is 14.1 Å². The Morgan fingerprint density at radius 1 is 1.00 bits per heavy atom. The van der Waals surface area contributed by atoms with Crippen molar-refractivity contribution in [2.75, 3.05) is 19.0 Å². The molecule has 0 bridgehead atoms. The highest BCUT2D eigenvalue weighted by molar-refractivity contribution is 5.47. The average Bonchev–Trinajstić information content (AvgIpc) is 2.37. The fourth-order valence-electron chi connectivity index (χ4n) is 2.12. The lowest BCUT2D eigenvalue weighted by Crippen LogP contribution is -2.13. The highest BCUT2D eigenvalue weighted by atomic mass is 19.1. The molecule has 100 valence electrons. The zero-order chi connectivity index (χ0) is 14.0. The van der Waals surface area contributed by atoms with Crippen LogP contribution in [0.4, 0.5) is 10.1 Å².